The minimum Gasteiger partial charge on any atom is -0.467 e. The van der Waals surface area contributed by atoms with Crippen molar-refractivity contribution < 1.29 is 4.74 Å². The Balaban J connectivity index is 1.70. The van der Waals surface area contributed by atoms with Gasteiger partial charge in [0.15, 0.2) is 0 Å². The van der Waals surface area contributed by atoms with E-state index >= 15 is 0 Å². The van der Waals surface area contributed by atoms with Crippen LogP contribution >= 0.6 is 0 Å². The predicted molar refractivity (Wildman–Crippen MR) is 77.1 cm³/mol. The van der Waals surface area contributed by atoms with Crippen LogP contribution in [0.4, 0.5) is 11.9 Å². The van der Waals surface area contributed by atoms with E-state index in [1.807, 2.05) is 6.07 Å². The molecule has 6 heteroatoms. The van der Waals surface area contributed by atoms with Crippen LogP contribution in [0.25, 0.3) is 0 Å². The Kier molecular flexibility index (Phi) is 3.37. The van der Waals surface area contributed by atoms with Crippen LogP contribution < -0.4 is 15.4 Å². The van der Waals surface area contributed by atoms with Gasteiger partial charge in [0.1, 0.15) is 0 Å². The van der Waals surface area contributed by atoms with Crippen molar-refractivity contribution in [3.63, 3.8) is 0 Å². The first-order valence-electron chi connectivity index (χ1n) is 6.59. The van der Waals surface area contributed by atoms with Crippen molar-refractivity contribution in [3.8, 4) is 6.01 Å². The number of methoxy groups -OCH3 is 1. The summed E-state index contributed by atoms with van der Waals surface area (Å²) in [7, 11) is 3.31. The second-order valence-electron chi connectivity index (χ2n) is 4.72. The van der Waals surface area contributed by atoms with Gasteiger partial charge in [0.25, 0.3) is 0 Å². The number of benzene rings is 1. The summed E-state index contributed by atoms with van der Waals surface area (Å²) in [5.74, 6) is 1.57. The average Bonchev–Trinajstić information content (AvgIpc) is 3.27. The molecule has 0 bridgehead atoms. The fourth-order valence-corrected chi connectivity index (χ4v) is 2.21. The van der Waals surface area contributed by atoms with Crippen LogP contribution in [-0.4, -0.2) is 35.2 Å². The highest BCUT2D eigenvalue weighted by atomic mass is 16.5. The molecule has 0 amide bonds. The number of hydrogen-bond donors (Lipinski definition) is 2. The van der Waals surface area contributed by atoms with Crippen LogP contribution in [0.3, 0.4) is 0 Å². The number of anilines is 2. The molecule has 0 aliphatic heterocycles. The van der Waals surface area contributed by atoms with Crippen LogP contribution in [0.15, 0.2) is 30.3 Å². The van der Waals surface area contributed by atoms with Gasteiger partial charge in [0, 0.05) is 19.0 Å². The second kappa shape index (κ2) is 5.32. The third-order valence-electron chi connectivity index (χ3n) is 3.35. The van der Waals surface area contributed by atoms with E-state index < -0.39 is 0 Å². The molecule has 2 unspecified atom stereocenters. The van der Waals surface area contributed by atoms with Crippen LogP contribution in [-0.2, 0) is 0 Å². The van der Waals surface area contributed by atoms with Crippen molar-refractivity contribution >= 4 is 11.9 Å². The van der Waals surface area contributed by atoms with Gasteiger partial charge in [-0.1, -0.05) is 30.3 Å². The van der Waals surface area contributed by atoms with E-state index in [9.17, 15) is 0 Å². The summed E-state index contributed by atoms with van der Waals surface area (Å²) in [4.78, 5) is 12.6. The molecule has 0 saturated heterocycles. The maximum atomic E-state index is 5.07. The number of aromatic nitrogens is 3. The Morgan fingerprint density at radius 2 is 1.85 bits per heavy atom. The predicted octanol–water partition coefficient (Wildman–Crippen LogP) is 1.89. The van der Waals surface area contributed by atoms with E-state index in [2.05, 4.69) is 49.9 Å². The average molecular weight is 271 g/mol. The van der Waals surface area contributed by atoms with Gasteiger partial charge < -0.3 is 15.4 Å². The lowest BCUT2D eigenvalue weighted by Gasteiger charge is -2.07. The minimum absolute atomic E-state index is 0.309. The summed E-state index contributed by atoms with van der Waals surface area (Å²) in [5.41, 5.74) is 1.35. The molecule has 104 valence electrons. The van der Waals surface area contributed by atoms with Crippen molar-refractivity contribution in [2.75, 3.05) is 24.8 Å². The van der Waals surface area contributed by atoms with Crippen molar-refractivity contribution in [3.05, 3.63) is 35.9 Å². The second-order valence-corrected chi connectivity index (χ2v) is 4.72. The van der Waals surface area contributed by atoms with Crippen LogP contribution in [0, 0.1) is 0 Å². The molecule has 1 aliphatic carbocycles. The van der Waals surface area contributed by atoms with Gasteiger partial charge in [-0.05, 0) is 12.0 Å². The van der Waals surface area contributed by atoms with Crippen molar-refractivity contribution in [2.45, 2.75) is 18.4 Å². The Labute approximate surface area is 117 Å². The highest BCUT2D eigenvalue weighted by molar-refractivity contribution is 5.40. The smallest absolute Gasteiger partial charge is 0.322 e. The van der Waals surface area contributed by atoms with Gasteiger partial charge >= 0.3 is 6.01 Å². The Hall–Kier alpha value is -2.37. The van der Waals surface area contributed by atoms with Gasteiger partial charge in [-0.25, -0.2) is 0 Å². The summed E-state index contributed by atoms with van der Waals surface area (Å²) in [6.45, 7) is 0. The molecule has 0 radical (unpaired) electrons. The largest absolute Gasteiger partial charge is 0.467 e. The summed E-state index contributed by atoms with van der Waals surface area (Å²) in [6, 6.07) is 11.1. The molecular weight excluding hydrogens is 254 g/mol. The number of nitrogens with one attached hydrogen (secondary N) is 2. The zero-order valence-electron chi connectivity index (χ0n) is 11.5. The summed E-state index contributed by atoms with van der Waals surface area (Å²) in [6.07, 6.45) is 1.09. The monoisotopic (exact) mass is 271 g/mol. The summed E-state index contributed by atoms with van der Waals surface area (Å²) < 4.78 is 5.07. The SMILES string of the molecule is CNc1nc(NC2CC2c2ccccc2)nc(OC)n1. The van der Waals surface area contributed by atoms with E-state index in [0.717, 1.165) is 6.42 Å². The lowest BCUT2D eigenvalue weighted by molar-refractivity contribution is 0.379. The molecule has 3 rings (SSSR count). The molecule has 2 atom stereocenters. The maximum absolute atomic E-state index is 5.07. The van der Waals surface area contributed by atoms with Gasteiger partial charge in [-0.3, -0.25) is 0 Å². The van der Waals surface area contributed by atoms with E-state index in [1.54, 1.807) is 14.2 Å². The molecule has 1 heterocycles. The lowest BCUT2D eigenvalue weighted by atomic mass is 10.1. The van der Waals surface area contributed by atoms with Gasteiger partial charge in [0.2, 0.25) is 11.9 Å². The number of rotatable bonds is 5. The minimum atomic E-state index is 0.309. The molecule has 1 aromatic carbocycles. The van der Waals surface area contributed by atoms with Crippen molar-refractivity contribution in [2.24, 2.45) is 0 Å². The highest BCUT2D eigenvalue weighted by Crippen LogP contribution is 2.42. The number of nitrogens with zero attached hydrogens (tertiary/aromatic N) is 3. The normalized spacial score (nSPS) is 20.3. The molecule has 2 N–H and O–H groups in total. The van der Waals surface area contributed by atoms with Gasteiger partial charge in [0.05, 0.1) is 7.11 Å². The molecular formula is C14H17N5O. The number of hydrogen-bond acceptors (Lipinski definition) is 6. The van der Waals surface area contributed by atoms with Crippen molar-refractivity contribution in [1.29, 1.82) is 0 Å². The molecule has 1 fully saturated rings. The molecule has 20 heavy (non-hydrogen) atoms. The van der Waals surface area contributed by atoms with Crippen LogP contribution in [0.1, 0.15) is 17.9 Å². The first-order valence-corrected chi connectivity index (χ1v) is 6.59. The van der Waals surface area contributed by atoms with Crippen molar-refractivity contribution in [1.82, 2.24) is 15.0 Å². The Morgan fingerprint density at radius 3 is 2.55 bits per heavy atom. The molecule has 1 saturated carbocycles. The standard InChI is InChI=1S/C14H17N5O/c1-15-12-17-13(19-14(18-12)20-2)16-11-8-10(11)9-6-4-3-5-7-9/h3-7,10-11H,8H2,1-2H3,(H2,15,16,17,18,19). The topological polar surface area (TPSA) is 72.0 Å². The van der Waals surface area contributed by atoms with Gasteiger partial charge in [-0.15, -0.1) is 0 Å². The van der Waals surface area contributed by atoms with Crippen LogP contribution in [0.5, 0.6) is 6.01 Å². The highest BCUT2D eigenvalue weighted by Gasteiger charge is 2.38. The first-order chi connectivity index (χ1) is 9.80. The van der Waals surface area contributed by atoms with E-state index in [0.29, 0.717) is 29.9 Å². The number of ether oxygens (including phenoxy) is 1. The van der Waals surface area contributed by atoms with Crippen LogP contribution in [0.2, 0.25) is 0 Å². The molecule has 0 spiro atoms. The molecule has 6 nitrogen and oxygen atoms in total. The molecule has 1 aliphatic rings. The quantitative estimate of drug-likeness (QED) is 0.865. The third-order valence-corrected chi connectivity index (χ3v) is 3.35. The fourth-order valence-electron chi connectivity index (χ4n) is 2.21. The van der Waals surface area contributed by atoms with E-state index in [4.69, 9.17) is 4.74 Å². The van der Waals surface area contributed by atoms with Gasteiger partial charge in [-0.2, -0.15) is 15.0 Å². The van der Waals surface area contributed by atoms with E-state index in [1.165, 1.54) is 5.56 Å². The molecule has 2 aromatic rings. The zero-order valence-corrected chi connectivity index (χ0v) is 11.5. The third kappa shape index (κ3) is 2.64. The summed E-state index contributed by atoms with van der Waals surface area (Å²) >= 11 is 0. The Morgan fingerprint density at radius 1 is 1.10 bits per heavy atom. The lowest BCUT2D eigenvalue weighted by Crippen LogP contribution is -2.11. The zero-order chi connectivity index (χ0) is 13.9. The molecule has 1 aromatic heterocycles. The fraction of sp³-hybridized carbons (Fsp3) is 0.357. The first kappa shape index (κ1) is 12.7. The Bertz CT molecular complexity index is 567. The van der Waals surface area contributed by atoms with E-state index in [-0.39, 0.29) is 0 Å². The maximum Gasteiger partial charge on any atom is 0.322 e. The summed E-state index contributed by atoms with van der Waals surface area (Å²) in [5, 5.41) is 6.23.